The van der Waals surface area contributed by atoms with Gasteiger partial charge in [0.05, 0.1) is 0 Å². The summed E-state index contributed by atoms with van der Waals surface area (Å²) in [6, 6.07) is -1.29. The van der Waals surface area contributed by atoms with Gasteiger partial charge in [0.25, 0.3) is 0 Å². The lowest BCUT2D eigenvalue weighted by atomic mass is 10.1. The number of hydrogen-bond acceptors (Lipinski definition) is 6. The van der Waals surface area contributed by atoms with E-state index in [-0.39, 0.29) is 11.8 Å². The molecule has 2 saturated heterocycles. The summed E-state index contributed by atoms with van der Waals surface area (Å²) in [5, 5.41) is 18.8. The summed E-state index contributed by atoms with van der Waals surface area (Å²) in [6.07, 6.45) is 5.82. The maximum atomic E-state index is 12.8. The molecule has 2 fully saturated rings. The molecule has 0 aliphatic carbocycles. The number of carbonyl (C=O) groups excluding carboxylic acids is 2. The van der Waals surface area contributed by atoms with Gasteiger partial charge in [0, 0.05) is 36.9 Å². The van der Waals surface area contributed by atoms with E-state index in [2.05, 4.69) is 0 Å². The molecule has 0 aromatic heterocycles. The Labute approximate surface area is 170 Å². The number of nitrogens with zero attached hydrogens (tertiary/aromatic N) is 2. The number of carboxylic acid groups (broad SMARTS) is 2. The maximum absolute atomic E-state index is 12.8. The molecule has 0 saturated carbocycles. The first kappa shape index (κ1) is 23.0. The average Bonchev–Trinajstić information content (AvgIpc) is 3.33. The third-order valence-electron chi connectivity index (χ3n) is 5.41. The van der Waals surface area contributed by atoms with Crippen molar-refractivity contribution >= 4 is 44.2 Å². The van der Waals surface area contributed by atoms with Crippen molar-refractivity contribution in [2.75, 3.05) is 30.9 Å². The molecule has 1 amide bonds. The highest BCUT2D eigenvalue weighted by molar-refractivity contribution is 8.93. The van der Waals surface area contributed by atoms with Crippen LogP contribution < -0.4 is 0 Å². The molecule has 2 N–H and O–H groups in total. The molecule has 2 heterocycles. The summed E-state index contributed by atoms with van der Waals surface area (Å²) in [7, 11) is -0.0257. The van der Waals surface area contributed by atoms with Gasteiger partial charge >= 0.3 is 11.9 Å². The predicted octanol–water partition coefficient (Wildman–Crippen LogP) is 1.83. The molecule has 8 nitrogen and oxygen atoms in total. The second-order valence-corrected chi connectivity index (χ2v) is 13.7. The molecule has 28 heavy (non-hydrogen) atoms. The van der Waals surface area contributed by atoms with Crippen molar-refractivity contribution in [2.24, 2.45) is 5.92 Å². The van der Waals surface area contributed by atoms with Crippen LogP contribution in [0.15, 0.2) is 0 Å². The first-order valence-corrected chi connectivity index (χ1v) is 13.2. The molecule has 0 aromatic rings. The molecule has 10 heteroatoms. The van der Waals surface area contributed by atoms with Crippen LogP contribution in [-0.4, -0.2) is 86.5 Å². The quantitative estimate of drug-likeness (QED) is 0.395. The third kappa shape index (κ3) is 5.21. The molecular formula is C18H30N2O6S2. The van der Waals surface area contributed by atoms with E-state index in [1.54, 1.807) is 17.7 Å². The van der Waals surface area contributed by atoms with Crippen molar-refractivity contribution in [3.63, 3.8) is 0 Å². The monoisotopic (exact) mass is 434 g/mol. The Morgan fingerprint density at radius 1 is 1.14 bits per heavy atom. The lowest BCUT2D eigenvalue weighted by Gasteiger charge is -2.45. The zero-order valence-electron chi connectivity index (χ0n) is 16.4. The van der Waals surface area contributed by atoms with Gasteiger partial charge in [-0.2, -0.15) is 0 Å². The summed E-state index contributed by atoms with van der Waals surface area (Å²) >= 11 is 0. The van der Waals surface area contributed by atoms with Gasteiger partial charge in [0.15, 0.2) is 0 Å². The van der Waals surface area contributed by atoms with E-state index in [4.69, 9.17) is 0 Å². The van der Waals surface area contributed by atoms with Gasteiger partial charge in [0.2, 0.25) is 5.91 Å². The number of carboxylic acids is 2. The molecule has 160 valence electrons. The highest BCUT2D eigenvalue weighted by Crippen LogP contribution is 2.62. The van der Waals surface area contributed by atoms with Gasteiger partial charge in [0.1, 0.15) is 18.4 Å². The smallest absolute Gasteiger partial charge is 0.326 e. The van der Waals surface area contributed by atoms with E-state index in [1.807, 2.05) is 10.6 Å². The summed E-state index contributed by atoms with van der Waals surface area (Å²) in [5.74, 6) is -1.26. The molecule has 0 bridgehead atoms. The number of aliphatic carboxylic acids is 2. The van der Waals surface area contributed by atoms with E-state index >= 15 is 0 Å². The van der Waals surface area contributed by atoms with Crippen LogP contribution in [0.5, 0.6) is 0 Å². The van der Waals surface area contributed by atoms with Crippen LogP contribution in [-0.2, 0) is 19.2 Å². The first-order valence-electron chi connectivity index (χ1n) is 9.58. The lowest BCUT2D eigenvalue weighted by Crippen LogP contribution is -2.43. The van der Waals surface area contributed by atoms with E-state index < -0.39 is 33.3 Å². The zero-order valence-corrected chi connectivity index (χ0v) is 18.0. The Morgan fingerprint density at radius 3 is 2.36 bits per heavy atom. The van der Waals surface area contributed by atoms with Crippen LogP contribution in [0.3, 0.4) is 0 Å². The van der Waals surface area contributed by atoms with Crippen molar-refractivity contribution in [1.82, 2.24) is 9.21 Å². The van der Waals surface area contributed by atoms with Gasteiger partial charge in [-0.25, -0.2) is 9.10 Å². The van der Waals surface area contributed by atoms with Gasteiger partial charge < -0.3 is 19.9 Å². The Balaban J connectivity index is 2.06. The highest BCUT2D eigenvalue weighted by Gasteiger charge is 2.41. The van der Waals surface area contributed by atoms with Crippen LogP contribution in [0.2, 0.25) is 0 Å². The first-order chi connectivity index (χ1) is 13.2. The van der Waals surface area contributed by atoms with Crippen LogP contribution in [0.25, 0.3) is 0 Å². The molecule has 0 radical (unpaired) electrons. The van der Waals surface area contributed by atoms with Crippen molar-refractivity contribution in [3.8, 4) is 0 Å². The fourth-order valence-electron chi connectivity index (χ4n) is 3.85. The van der Waals surface area contributed by atoms with E-state index in [0.29, 0.717) is 50.3 Å². The average molecular weight is 435 g/mol. The van der Waals surface area contributed by atoms with Gasteiger partial charge in [-0.05, 0) is 31.9 Å². The molecule has 2 rings (SSSR count). The van der Waals surface area contributed by atoms with Crippen LogP contribution >= 0.6 is 20.0 Å². The SMILES string of the molecule is C[C@H](CSS(C)(CCC=O)N1CCC[C@@H]1C(=O)O)C(=O)N1CCC[C@@H]1C(=O)O. The highest BCUT2D eigenvalue weighted by atomic mass is 33.2. The van der Waals surface area contributed by atoms with Gasteiger partial charge in [-0.3, -0.25) is 9.59 Å². The number of carbonyl (C=O) groups is 4. The number of aldehydes is 1. The number of amides is 1. The van der Waals surface area contributed by atoms with Crippen molar-refractivity contribution in [1.29, 1.82) is 0 Å². The van der Waals surface area contributed by atoms with Crippen LogP contribution in [0.4, 0.5) is 0 Å². The minimum absolute atomic E-state index is 0.161. The topological polar surface area (TPSA) is 115 Å². The molecule has 0 spiro atoms. The van der Waals surface area contributed by atoms with E-state index in [0.717, 1.165) is 12.7 Å². The summed E-state index contributed by atoms with van der Waals surface area (Å²) < 4.78 is 2.02. The Bertz CT molecular complexity index is 619. The van der Waals surface area contributed by atoms with Gasteiger partial charge in [-0.15, -0.1) is 9.25 Å². The summed E-state index contributed by atoms with van der Waals surface area (Å²) in [6.45, 7) is 2.95. The van der Waals surface area contributed by atoms with Crippen LogP contribution in [0, 0.1) is 5.92 Å². The summed E-state index contributed by atoms with van der Waals surface area (Å²) in [5.41, 5.74) is 0. The fourth-order valence-corrected chi connectivity index (χ4v) is 9.84. The second kappa shape index (κ2) is 9.98. The minimum Gasteiger partial charge on any atom is -0.480 e. The number of rotatable bonds is 10. The number of likely N-dealkylation sites (tertiary alicyclic amines) is 1. The Hall–Kier alpha value is -1.26. The van der Waals surface area contributed by atoms with Crippen molar-refractivity contribution < 1.29 is 29.4 Å². The maximum Gasteiger partial charge on any atom is 0.326 e. The Morgan fingerprint density at radius 2 is 1.75 bits per heavy atom. The standard InChI is InChI=1S/C18H30N2O6S2/c1-13(16(22)19-8-3-6-14(19)17(23)24)12-27-28(2,11-5-10-21)20-9-4-7-15(20)18(25)26/h10,13-15H,3-9,11-12H2,1-2H3,(H,23,24)(H,25,26)/t13-,14-,15-/m1/s1. The normalized spacial score (nSPS) is 27.1. The van der Waals surface area contributed by atoms with Crippen molar-refractivity contribution in [2.45, 2.75) is 51.1 Å². The Kier molecular flexibility index (Phi) is 8.20. The molecule has 0 aromatic carbocycles. The van der Waals surface area contributed by atoms with Gasteiger partial charge in [-0.1, -0.05) is 17.7 Å². The zero-order chi connectivity index (χ0) is 20.9. The second-order valence-electron chi connectivity index (χ2n) is 7.47. The molecule has 2 aliphatic heterocycles. The summed E-state index contributed by atoms with van der Waals surface area (Å²) in [4.78, 5) is 48.2. The molecule has 4 atom stereocenters. The third-order valence-corrected chi connectivity index (χ3v) is 12.0. The largest absolute Gasteiger partial charge is 0.480 e. The molecule has 2 aliphatic rings. The van der Waals surface area contributed by atoms with E-state index in [9.17, 15) is 29.4 Å². The fraction of sp³-hybridized carbons (Fsp3) is 0.778. The van der Waals surface area contributed by atoms with Crippen LogP contribution in [0.1, 0.15) is 39.0 Å². The number of hydrogen-bond donors (Lipinski definition) is 2. The minimum atomic E-state index is -1.60. The van der Waals surface area contributed by atoms with E-state index in [1.165, 1.54) is 4.90 Å². The lowest BCUT2D eigenvalue weighted by molar-refractivity contribution is -0.149. The predicted molar refractivity (Wildman–Crippen MR) is 110 cm³/mol. The van der Waals surface area contributed by atoms with Crippen molar-refractivity contribution in [3.05, 3.63) is 0 Å². The molecule has 1 unspecified atom stereocenters. The molecular weight excluding hydrogens is 404 g/mol.